The summed E-state index contributed by atoms with van der Waals surface area (Å²) in [6.07, 6.45) is 4.73. The molecule has 0 spiro atoms. The highest BCUT2D eigenvalue weighted by atomic mass is 32.2. The summed E-state index contributed by atoms with van der Waals surface area (Å²) in [6, 6.07) is 5.51. The molecule has 1 aromatic carbocycles. The number of allylic oxidation sites excluding steroid dienone is 2. The minimum Gasteiger partial charge on any atom is -0.382 e. The SMILES string of the molecule is Cc1cc2c(cc1NS(C)(=O)=O)C=C(C(=O)/C(C#N)=C/N(C)C)C2. The van der Waals surface area contributed by atoms with E-state index in [-0.39, 0.29) is 11.4 Å². The molecule has 6 nitrogen and oxygen atoms in total. The Hall–Kier alpha value is -2.59. The second-order valence-electron chi connectivity index (χ2n) is 6.03. The van der Waals surface area contributed by atoms with Gasteiger partial charge in [0.05, 0.1) is 11.9 Å². The lowest BCUT2D eigenvalue weighted by molar-refractivity contribution is -0.111. The lowest BCUT2D eigenvalue weighted by Gasteiger charge is -2.10. The van der Waals surface area contributed by atoms with Crippen LogP contribution in [0, 0.1) is 18.3 Å². The Bertz CT molecular complexity index is 904. The van der Waals surface area contributed by atoms with Gasteiger partial charge in [0.25, 0.3) is 0 Å². The van der Waals surface area contributed by atoms with Crippen LogP contribution in [0.5, 0.6) is 0 Å². The second kappa shape index (κ2) is 6.49. The normalized spacial score (nSPS) is 13.8. The summed E-state index contributed by atoms with van der Waals surface area (Å²) >= 11 is 0. The summed E-state index contributed by atoms with van der Waals surface area (Å²) in [5.74, 6) is -0.308. The second-order valence-corrected chi connectivity index (χ2v) is 7.78. The summed E-state index contributed by atoms with van der Waals surface area (Å²) < 4.78 is 25.3. The molecule has 1 aliphatic rings. The topological polar surface area (TPSA) is 90.3 Å². The Morgan fingerprint density at radius 3 is 2.58 bits per heavy atom. The largest absolute Gasteiger partial charge is 0.382 e. The average Bonchev–Trinajstić information content (AvgIpc) is 2.85. The fourth-order valence-electron chi connectivity index (χ4n) is 2.54. The maximum Gasteiger partial charge on any atom is 0.229 e. The molecule has 0 unspecified atom stereocenters. The number of Topliss-reactive ketones (excluding diaryl/α,β-unsaturated/α-hetero) is 1. The van der Waals surface area contributed by atoms with E-state index in [1.54, 1.807) is 38.1 Å². The van der Waals surface area contributed by atoms with Crippen molar-refractivity contribution < 1.29 is 13.2 Å². The number of carbonyl (C=O) groups is 1. The zero-order valence-corrected chi connectivity index (χ0v) is 14.9. The fourth-order valence-corrected chi connectivity index (χ4v) is 3.16. The Balaban J connectivity index is 2.36. The number of anilines is 1. The molecule has 0 aromatic heterocycles. The Morgan fingerprint density at radius 1 is 1.38 bits per heavy atom. The number of nitrogens with one attached hydrogen (secondary N) is 1. The molecule has 0 atom stereocenters. The van der Waals surface area contributed by atoms with Gasteiger partial charge >= 0.3 is 0 Å². The van der Waals surface area contributed by atoms with Gasteiger partial charge in [-0.2, -0.15) is 5.26 Å². The molecule has 0 radical (unpaired) electrons. The number of ketones is 1. The van der Waals surface area contributed by atoms with E-state index in [0.717, 1.165) is 22.9 Å². The highest BCUT2D eigenvalue weighted by Gasteiger charge is 2.23. The first kappa shape index (κ1) is 17.8. The quantitative estimate of drug-likeness (QED) is 0.650. The van der Waals surface area contributed by atoms with Crippen molar-refractivity contribution in [3.63, 3.8) is 0 Å². The number of hydrogen-bond donors (Lipinski definition) is 1. The zero-order valence-electron chi connectivity index (χ0n) is 14.0. The molecule has 7 heteroatoms. The molecule has 1 aliphatic carbocycles. The Kier molecular flexibility index (Phi) is 4.81. The van der Waals surface area contributed by atoms with Crippen molar-refractivity contribution in [3.05, 3.63) is 46.2 Å². The van der Waals surface area contributed by atoms with Crippen LogP contribution in [0.4, 0.5) is 5.69 Å². The van der Waals surface area contributed by atoms with E-state index >= 15 is 0 Å². The average molecular weight is 345 g/mol. The summed E-state index contributed by atoms with van der Waals surface area (Å²) in [5.41, 5.74) is 3.60. The first-order valence-electron chi connectivity index (χ1n) is 7.25. The van der Waals surface area contributed by atoms with Crippen molar-refractivity contribution in [1.82, 2.24) is 4.90 Å². The molecular formula is C17H19N3O3S. The minimum absolute atomic E-state index is 0.0743. The van der Waals surface area contributed by atoms with Gasteiger partial charge < -0.3 is 4.90 Å². The van der Waals surface area contributed by atoms with Crippen LogP contribution in [0.15, 0.2) is 29.5 Å². The van der Waals surface area contributed by atoms with Crippen LogP contribution in [-0.2, 0) is 21.2 Å². The summed E-state index contributed by atoms with van der Waals surface area (Å²) in [7, 11) is 0.117. The fraction of sp³-hybridized carbons (Fsp3) is 0.294. The van der Waals surface area contributed by atoms with Gasteiger partial charge in [0.2, 0.25) is 15.8 Å². The van der Waals surface area contributed by atoms with Crippen LogP contribution < -0.4 is 4.72 Å². The van der Waals surface area contributed by atoms with E-state index in [9.17, 15) is 13.2 Å². The maximum atomic E-state index is 12.5. The van der Waals surface area contributed by atoms with Crippen LogP contribution in [0.3, 0.4) is 0 Å². The number of nitrogens with zero attached hydrogens (tertiary/aromatic N) is 2. The van der Waals surface area contributed by atoms with Crippen LogP contribution >= 0.6 is 0 Å². The standard InChI is InChI=1S/C17H19N3O3S/c1-11-5-12-6-14(17(21)15(9-18)10-20(2)3)7-13(12)8-16(11)19-24(4,22)23/h5,7-8,10,19H,6H2,1-4H3/b15-10+. The zero-order chi connectivity index (χ0) is 18.1. The summed E-state index contributed by atoms with van der Waals surface area (Å²) in [5, 5.41) is 9.17. The molecule has 0 aliphatic heterocycles. The number of sulfonamides is 1. The van der Waals surface area contributed by atoms with E-state index in [4.69, 9.17) is 5.26 Å². The van der Waals surface area contributed by atoms with Crippen LogP contribution in [0.2, 0.25) is 0 Å². The summed E-state index contributed by atoms with van der Waals surface area (Å²) in [4.78, 5) is 14.1. The lowest BCUT2D eigenvalue weighted by Crippen LogP contribution is -2.11. The van der Waals surface area contributed by atoms with E-state index in [2.05, 4.69) is 4.72 Å². The van der Waals surface area contributed by atoms with Crippen LogP contribution in [0.25, 0.3) is 6.08 Å². The van der Waals surface area contributed by atoms with Crippen molar-refractivity contribution in [2.75, 3.05) is 25.1 Å². The molecule has 24 heavy (non-hydrogen) atoms. The molecule has 0 amide bonds. The van der Waals surface area contributed by atoms with Gasteiger partial charge in [-0.25, -0.2) is 8.42 Å². The molecule has 0 fully saturated rings. The van der Waals surface area contributed by atoms with Crippen molar-refractivity contribution >= 4 is 27.6 Å². The first-order chi connectivity index (χ1) is 11.1. The predicted octanol–water partition coefficient (Wildman–Crippen LogP) is 1.84. The number of benzene rings is 1. The third kappa shape index (κ3) is 4.03. The number of aryl methyl sites for hydroxylation is 1. The Labute approximate surface area is 142 Å². The number of nitriles is 1. The molecule has 126 valence electrons. The molecule has 0 saturated carbocycles. The van der Waals surface area contributed by atoms with Crippen molar-refractivity contribution in [2.45, 2.75) is 13.3 Å². The van der Waals surface area contributed by atoms with Crippen LogP contribution in [0.1, 0.15) is 16.7 Å². The predicted molar refractivity (Wildman–Crippen MR) is 93.7 cm³/mol. The molecule has 2 rings (SSSR count). The number of hydrogen-bond acceptors (Lipinski definition) is 5. The van der Waals surface area contributed by atoms with Gasteiger partial charge in [-0.15, -0.1) is 0 Å². The van der Waals surface area contributed by atoms with Crippen molar-refractivity contribution in [1.29, 1.82) is 5.26 Å². The van der Waals surface area contributed by atoms with E-state index < -0.39 is 10.0 Å². The molecule has 1 N–H and O–H groups in total. The number of fused-ring (bicyclic) bond motifs is 1. The lowest BCUT2D eigenvalue weighted by atomic mass is 10.0. The van der Waals surface area contributed by atoms with Gasteiger partial charge in [-0.05, 0) is 35.8 Å². The number of carbonyl (C=O) groups excluding carboxylic acids is 1. The Morgan fingerprint density at radius 2 is 2.04 bits per heavy atom. The third-order valence-corrected chi connectivity index (χ3v) is 4.13. The molecular weight excluding hydrogens is 326 g/mol. The van der Waals surface area contributed by atoms with E-state index in [1.807, 2.05) is 12.1 Å². The molecule has 0 saturated heterocycles. The van der Waals surface area contributed by atoms with E-state index in [0.29, 0.717) is 17.7 Å². The van der Waals surface area contributed by atoms with Gasteiger partial charge in [-0.3, -0.25) is 9.52 Å². The van der Waals surface area contributed by atoms with Gasteiger partial charge in [0.1, 0.15) is 11.6 Å². The van der Waals surface area contributed by atoms with Gasteiger partial charge in [0.15, 0.2) is 0 Å². The summed E-state index contributed by atoms with van der Waals surface area (Å²) in [6.45, 7) is 1.81. The van der Waals surface area contributed by atoms with Gasteiger partial charge in [0, 0.05) is 32.3 Å². The van der Waals surface area contributed by atoms with Crippen molar-refractivity contribution in [2.24, 2.45) is 0 Å². The smallest absolute Gasteiger partial charge is 0.229 e. The highest BCUT2D eigenvalue weighted by Crippen LogP contribution is 2.31. The maximum absolute atomic E-state index is 12.5. The third-order valence-electron chi connectivity index (χ3n) is 3.54. The molecule has 0 bridgehead atoms. The number of rotatable bonds is 5. The van der Waals surface area contributed by atoms with Crippen molar-refractivity contribution in [3.8, 4) is 6.07 Å². The van der Waals surface area contributed by atoms with Crippen LogP contribution in [-0.4, -0.2) is 39.5 Å². The highest BCUT2D eigenvalue weighted by molar-refractivity contribution is 7.92. The molecule has 1 aromatic rings. The monoisotopic (exact) mass is 345 g/mol. The minimum atomic E-state index is -3.37. The first-order valence-corrected chi connectivity index (χ1v) is 9.15. The molecule has 0 heterocycles. The van der Waals surface area contributed by atoms with Gasteiger partial charge in [-0.1, -0.05) is 6.07 Å². The van der Waals surface area contributed by atoms with E-state index in [1.165, 1.54) is 6.20 Å².